The summed E-state index contributed by atoms with van der Waals surface area (Å²) in [5.41, 5.74) is 1.08. The minimum atomic E-state index is -0.378. The van der Waals surface area contributed by atoms with Gasteiger partial charge in [-0.25, -0.2) is 0 Å². The lowest BCUT2D eigenvalue weighted by Crippen LogP contribution is -2.18. The van der Waals surface area contributed by atoms with E-state index in [0.717, 1.165) is 15.0 Å². The van der Waals surface area contributed by atoms with Crippen LogP contribution in [0.15, 0.2) is 18.2 Å². The molecule has 0 aliphatic rings. The third-order valence-electron chi connectivity index (χ3n) is 1.98. The SMILES string of the molecule is CSCC(C)Nc1ccc([N+](=O)[O-])cc1I. The van der Waals surface area contributed by atoms with Gasteiger partial charge in [0.1, 0.15) is 0 Å². The molecule has 1 N–H and O–H groups in total. The van der Waals surface area contributed by atoms with Crippen molar-refractivity contribution in [2.24, 2.45) is 0 Å². The lowest BCUT2D eigenvalue weighted by Gasteiger charge is -2.15. The number of nitrogens with one attached hydrogen (secondary N) is 1. The molecule has 0 fully saturated rings. The number of non-ortho nitro benzene ring substituents is 1. The molecule has 0 amide bonds. The Bertz CT molecular complexity index is 387. The van der Waals surface area contributed by atoms with Crippen LogP contribution in [-0.2, 0) is 0 Å². The van der Waals surface area contributed by atoms with Gasteiger partial charge in [0.15, 0.2) is 0 Å². The Balaban J connectivity index is 2.79. The number of nitro benzene ring substituents is 1. The van der Waals surface area contributed by atoms with E-state index in [0.29, 0.717) is 6.04 Å². The van der Waals surface area contributed by atoms with Gasteiger partial charge in [-0.1, -0.05) is 0 Å². The number of thioether (sulfide) groups is 1. The number of hydrogen-bond donors (Lipinski definition) is 1. The highest BCUT2D eigenvalue weighted by molar-refractivity contribution is 14.1. The molecular weight excluding hydrogens is 339 g/mol. The van der Waals surface area contributed by atoms with Crippen LogP contribution in [0, 0.1) is 13.7 Å². The molecule has 88 valence electrons. The maximum atomic E-state index is 10.6. The summed E-state index contributed by atoms with van der Waals surface area (Å²) in [6.45, 7) is 2.09. The standard InChI is InChI=1S/C10H13IN2O2S/c1-7(6-16-2)12-10-4-3-8(13(14)15)5-9(10)11/h3-5,7,12H,6H2,1-2H3. The van der Waals surface area contributed by atoms with E-state index in [9.17, 15) is 10.1 Å². The van der Waals surface area contributed by atoms with Gasteiger partial charge >= 0.3 is 0 Å². The summed E-state index contributed by atoms with van der Waals surface area (Å²) in [5.74, 6) is 1.01. The van der Waals surface area contributed by atoms with Gasteiger partial charge in [0, 0.05) is 33.2 Å². The van der Waals surface area contributed by atoms with E-state index in [1.165, 1.54) is 6.07 Å². The molecule has 16 heavy (non-hydrogen) atoms. The first kappa shape index (κ1) is 13.6. The van der Waals surface area contributed by atoms with Crippen LogP contribution < -0.4 is 5.32 Å². The molecule has 0 saturated heterocycles. The first-order chi connectivity index (χ1) is 7.54. The fourth-order valence-corrected chi connectivity index (χ4v) is 2.53. The van der Waals surface area contributed by atoms with Gasteiger partial charge in [-0.3, -0.25) is 10.1 Å². The Morgan fingerprint density at radius 1 is 1.62 bits per heavy atom. The lowest BCUT2D eigenvalue weighted by atomic mass is 10.2. The van der Waals surface area contributed by atoms with Gasteiger partial charge in [-0.2, -0.15) is 11.8 Å². The van der Waals surface area contributed by atoms with E-state index in [4.69, 9.17) is 0 Å². The van der Waals surface area contributed by atoms with Gasteiger partial charge in [0.2, 0.25) is 0 Å². The highest BCUT2D eigenvalue weighted by atomic mass is 127. The molecule has 0 aliphatic carbocycles. The summed E-state index contributed by atoms with van der Waals surface area (Å²) in [6.07, 6.45) is 2.05. The van der Waals surface area contributed by atoms with Crippen LogP contribution in [0.5, 0.6) is 0 Å². The van der Waals surface area contributed by atoms with Crippen molar-refractivity contribution < 1.29 is 4.92 Å². The number of benzene rings is 1. The van der Waals surface area contributed by atoms with Gasteiger partial charge < -0.3 is 5.32 Å². The number of hydrogen-bond acceptors (Lipinski definition) is 4. The third kappa shape index (κ3) is 3.82. The van der Waals surface area contributed by atoms with E-state index in [1.807, 2.05) is 0 Å². The fraction of sp³-hybridized carbons (Fsp3) is 0.400. The van der Waals surface area contributed by atoms with Crippen LogP contribution in [0.4, 0.5) is 11.4 Å². The highest BCUT2D eigenvalue weighted by Gasteiger charge is 2.10. The molecule has 4 nitrogen and oxygen atoms in total. The summed E-state index contributed by atoms with van der Waals surface area (Å²) < 4.78 is 0.875. The van der Waals surface area contributed by atoms with Crippen LogP contribution in [-0.4, -0.2) is 23.0 Å². The van der Waals surface area contributed by atoms with E-state index in [2.05, 4.69) is 41.1 Å². The Hall–Kier alpha value is -0.500. The fourth-order valence-electron chi connectivity index (χ4n) is 1.29. The Kier molecular flexibility index (Phi) is 5.33. The maximum Gasteiger partial charge on any atom is 0.270 e. The molecule has 0 aliphatic heterocycles. The molecular formula is C10H13IN2O2S. The van der Waals surface area contributed by atoms with Crippen molar-refractivity contribution in [1.82, 2.24) is 0 Å². The number of anilines is 1. The molecule has 0 bridgehead atoms. The summed E-state index contributed by atoms with van der Waals surface area (Å²) in [6, 6.07) is 5.21. The van der Waals surface area contributed by atoms with Gasteiger partial charge in [-0.05, 0) is 41.8 Å². The Morgan fingerprint density at radius 2 is 2.31 bits per heavy atom. The van der Waals surface area contributed by atoms with Crippen molar-refractivity contribution in [3.63, 3.8) is 0 Å². The average Bonchev–Trinajstić information content (AvgIpc) is 2.21. The molecule has 0 radical (unpaired) electrons. The predicted octanol–water partition coefficient (Wildman–Crippen LogP) is 3.36. The van der Waals surface area contributed by atoms with Crippen molar-refractivity contribution in [2.75, 3.05) is 17.3 Å². The van der Waals surface area contributed by atoms with E-state index in [1.54, 1.807) is 23.9 Å². The molecule has 0 spiro atoms. The second-order valence-electron chi connectivity index (χ2n) is 3.42. The zero-order valence-corrected chi connectivity index (χ0v) is 12.0. The number of nitro groups is 1. The van der Waals surface area contributed by atoms with Crippen molar-refractivity contribution in [3.05, 3.63) is 31.9 Å². The molecule has 1 atom stereocenters. The van der Waals surface area contributed by atoms with E-state index < -0.39 is 0 Å². The molecule has 1 aromatic carbocycles. The van der Waals surface area contributed by atoms with Gasteiger partial charge in [0.25, 0.3) is 5.69 Å². The quantitative estimate of drug-likeness (QED) is 0.502. The molecule has 0 saturated carbocycles. The minimum absolute atomic E-state index is 0.132. The summed E-state index contributed by atoms with van der Waals surface area (Å²) in [5, 5.41) is 13.9. The zero-order chi connectivity index (χ0) is 12.1. The molecule has 1 aromatic rings. The van der Waals surface area contributed by atoms with Crippen LogP contribution in [0.3, 0.4) is 0 Å². The van der Waals surface area contributed by atoms with Crippen molar-refractivity contribution in [3.8, 4) is 0 Å². The molecule has 1 unspecified atom stereocenters. The topological polar surface area (TPSA) is 55.2 Å². The third-order valence-corrected chi connectivity index (χ3v) is 3.71. The zero-order valence-electron chi connectivity index (χ0n) is 9.07. The van der Waals surface area contributed by atoms with Crippen molar-refractivity contribution in [2.45, 2.75) is 13.0 Å². The lowest BCUT2D eigenvalue weighted by molar-refractivity contribution is -0.384. The summed E-state index contributed by atoms with van der Waals surface area (Å²) >= 11 is 3.88. The van der Waals surface area contributed by atoms with E-state index >= 15 is 0 Å². The first-order valence-corrected chi connectivity index (χ1v) is 7.21. The smallest absolute Gasteiger partial charge is 0.270 e. The minimum Gasteiger partial charge on any atom is -0.381 e. The Morgan fingerprint density at radius 3 is 2.81 bits per heavy atom. The first-order valence-electron chi connectivity index (χ1n) is 4.74. The van der Waals surface area contributed by atoms with Crippen molar-refractivity contribution >= 4 is 45.7 Å². The summed E-state index contributed by atoms with van der Waals surface area (Å²) in [4.78, 5) is 10.2. The predicted molar refractivity (Wildman–Crippen MR) is 77.3 cm³/mol. The van der Waals surface area contributed by atoms with Gasteiger partial charge in [-0.15, -0.1) is 0 Å². The second-order valence-corrected chi connectivity index (χ2v) is 5.49. The largest absolute Gasteiger partial charge is 0.381 e. The summed E-state index contributed by atoms with van der Waals surface area (Å²) in [7, 11) is 0. The van der Waals surface area contributed by atoms with Gasteiger partial charge in [0.05, 0.1) is 4.92 Å². The van der Waals surface area contributed by atoms with Crippen LogP contribution in [0.1, 0.15) is 6.92 Å². The second kappa shape index (κ2) is 6.29. The molecule has 0 heterocycles. The van der Waals surface area contributed by atoms with Crippen LogP contribution >= 0.6 is 34.4 Å². The number of halogens is 1. The van der Waals surface area contributed by atoms with Crippen LogP contribution in [0.25, 0.3) is 0 Å². The number of nitrogens with zero attached hydrogens (tertiary/aromatic N) is 1. The number of rotatable bonds is 5. The van der Waals surface area contributed by atoms with Crippen LogP contribution in [0.2, 0.25) is 0 Å². The monoisotopic (exact) mass is 352 g/mol. The van der Waals surface area contributed by atoms with Crippen molar-refractivity contribution in [1.29, 1.82) is 0 Å². The highest BCUT2D eigenvalue weighted by Crippen LogP contribution is 2.24. The molecule has 6 heteroatoms. The Labute approximate surface area is 112 Å². The average molecular weight is 352 g/mol. The van der Waals surface area contributed by atoms with E-state index in [-0.39, 0.29) is 10.6 Å². The molecule has 1 rings (SSSR count). The normalized spacial score (nSPS) is 12.2. The maximum absolute atomic E-state index is 10.6. The molecule has 0 aromatic heterocycles.